The van der Waals surface area contributed by atoms with Crippen molar-refractivity contribution < 1.29 is 18.3 Å². The minimum absolute atomic E-state index is 0.275. The number of carbonyl (C=O) groups is 1. The molecule has 0 bridgehead atoms. The van der Waals surface area contributed by atoms with Crippen molar-refractivity contribution in [1.82, 2.24) is 9.03 Å². The average Bonchev–Trinajstić information content (AvgIpc) is 2.25. The Kier molecular flexibility index (Phi) is 7.77. The Hall–Kier alpha value is -0.310. The topological polar surface area (TPSA) is 86.7 Å². The summed E-state index contributed by atoms with van der Waals surface area (Å²) in [4.78, 5) is 10.9. The van der Waals surface area contributed by atoms with Gasteiger partial charge in [0, 0.05) is 13.1 Å². The number of carboxylic acids is 1. The SMILES string of the molecule is CCN(CC)S(=O)(=O)NC(CCSC)C(=O)O. The van der Waals surface area contributed by atoms with Crippen LogP contribution < -0.4 is 4.72 Å². The van der Waals surface area contributed by atoms with E-state index in [4.69, 9.17) is 5.11 Å². The zero-order valence-electron chi connectivity index (χ0n) is 10.3. The summed E-state index contributed by atoms with van der Waals surface area (Å²) >= 11 is 1.48. The van der Waals surface area contributed by atoms with Crippen LogP contribution in [0.5, 0.6) is 0 Å². The van der Waals surface area contributed by atoms with Crippen molar-refractivity contribution in [2.24, 2.45) is 0 Å². The smallest absolute Gasteiger partial charge is 0.321 e. The molecule has 0 saturated heterocycles. The van der Waals surface area contributed by atoms with Gasteiger partial charge in [0.05, 0.1) is 0 Å². The van der Waals surface area contributed by atoms with Crippen LogP contribution in [0.15, 0.2) is 0 Å². The van der Waals surface area contributed by atoms with Gasteiger partial charge in [0.15, 0.2) is 0 Å². The quantitative estimate of drug-likeness (QED) is 0.639. The average molecular weight is 284 g/mol. The van der Waals surface area contributed by atoms with Gasteiger partial charge in [-0.05, 0) is 18.4 Å². The van der Waals surface area contributed by atoms with Crippen LogP contribution in [0.3, 0.4) is 0 Å². The number of hydrogen-bond donors (Lipinski definition) is 2. The summed E-state index contributed by atoms with van der Waals surface area (Å²) in [6, 6.07) is -1.06. The van der Waals surface area contributed by atoms with Gasteiger partial charge < -0.3 is 5.11 Å². The molecule has 8 heteroatoms. The summed E-state index contributed by atoms with van der Waals surface area (Å²) in [6.45, 7) is 4.06. The largest absolute Gasteiger partial charge is 0.480 e. The fourth-order valence-corrected chi connectivity index (χ4v) is 3.16. The highest BCUT2D eigenvalue weighted by atomic mass is 32.2. The Morgan fingerprint density at radius 1 is 1.41 bits per heavy atom. The second kappa shape index (κ2) is 7.91. The molecule has 6 nitrogen and oxygen atoms in total. The molecule has 0 aromatic heterocycles. The standard InChI is InChI=1S/C9H20N2O4S2/c1-4-11(5-2)17(14,15)10-8(9(12)13)6-7-16-3/h8,10H,4-7H2,1-3H3,(H,12,13). The van der Waals surface area contributed by atoms with Crippen LogP contribution in [0.1, 0.15) is 20.3 Å². The molecule has 0 fully saturated rings. The van der Waals surface area contributed by atoms with E-state index >= 15 is 0 Å². The van der Waals surface area contributed by atoms with E-state index in [0.29, 0.717) is 18.8 Å². The summed E-state index contributed by atoms with van der Waals surface area (Å²) in [7, 11) is -3.70. The van der Waals surface area contributed by atoms with E-state index in [1.165, 1.54) is 16.1 Å². The van der Waals surface area contributed by atoms with E-state index in [-0.39, 0.29) is 6.42 Å². The molecule has 0 aliphatic rings. The molecule has 0 amide bonds. The Bertz CT molecular complexity index is 328. The highest BCUT2D eigenvalue weighted by Crippen LogP contribution is 2.05. The molecule has 17 heavy (non-hydrogen) atoms. The monoisotopic (exact) mass is 284 g/mol. The van der Waals surface area contributed by atoms with Gasteiger partial charge in [-0.1, -0.05) is 13.8 Å². The first-order valence-electron chi connectivity index (χ1n) is 5.38. The zero-order valence-corrected chi connectivity index (χ0v) is 12.0. The highest BCUT2D eigenvalue weighted by Gasteiger charge is 2.26. The molecule has 0 saturated carbocycles. The van der Waals surface area contributed by atoms with Crippen LogP contribution in [0.4, 0.5) is 0 Å². The van der Waals surface area contributed by atoms with Crippen molar-refractivity contribution in [1.29, 1.82) is 0 Å². The van der Waals surface area contributed by atoms with Gasteiger partial charge in [0.25, 0.3) is 10.2 Å². The fourth-order valence-electron chi connectivity index (χ4n) is 1.29. The first-order valence-corrected chi connectivity index (χ1v) is 8.21. The van der Waals surface area contributed by atoms with Crippen molar-refractivity contribution in [2.45, 2.75) is 26.3 Å². The molecule has 0 aromatic rings. The Morgan fingerprint density at radius 3 is 2.29 bits per heavy atom. The molecule has 0 heterocycles. The van der Waals surface area contributed by atoms with Crippen LogP contribution in [-0.4, -0.2) is 54.9 Å². The Labute approximate surface area is 107 Å². The van der Waals surface area contributed by atoms with E-state index in [0.717, 1.165) is 0 Å². The van der Waals surface area contributed by atoms with Crippen molar-refractivity contribution in [2.75, 3.05) is 25.1 Å². The molecule has 0 aromatic carbocycles. The molecule has 0 radical (unpaired) electrons. The number of thioether (sulfide) groups is 1. The lowest BCUT2D eigenvalue weighted by atomic mass is 10.2. The summed E-state index contributed by atoms with van der Waals surface area (Å²) < 4.78 is 27.0. The van der Waals surface area contributed by atoms with Gasteiger partial charge in [-0.2, -0.15) is 29.2 Å². The molecule has 2 N–H and O–H groups in total. The third-order valence-corrected chi connectivity index (χ3v) is 4.67. The lowest BCUT2D eigenvalue weighted by molar-refractivity contribution is -0.139. The van der Waals surface area contributed by atoms with Crippen LogP contribution in [0, 0.1) is 0 Å². The Balaban J connectivity index is 4.68. The molecule has 1 atom stereocenters. The molecule has 0 aliphatic carbocycles. The highest BCUT2D eigenvalue weighted by molar-refractivity contribution is 7.98. The van der Waals surface area contributed by atoms with Gasteiger partial charge in [-0.3, -0.25) is 4.79 Å². The van der Waals surface area contributed by atoms with Gasteiger partial charge in [0.2, 0.25) is 0 Å². The summed E-state index contributed by atoms with van der Waals surface area (Å²) in [6.07, 6.45) is 2.12. The number of nitrogens with zero attached hydrogens (tertiary/aromatic N) is 1. The maximum Gasteiger partial charge on any atom is 0.321 e. The van der Waals surface area contributed by atoms with Gasteiger partial charge in [0.1, 0.15) is 6.04 Å². The maximum atomic E-state index is 11.8. The van der Waals surface area contributed by atoms with Gasteiger partial charge in [-0.25, -0.2) is 0 Å². The normalized spacial score (nSPS) is 13.9. The van der Waals surface area contributed by atoms with Crippen molar-refractivity contribution in [3.05, 3.63) is 0 Å². The van der Waals surface area contributed by atoms with Gasteiger partial charge in [-0.15, -0.1) is 0 Å². The summed E-state index contributed by atoms with van der Waals surface area (Å²) in [5, 5.41) is 8.94. The zero-order chi connectivity index (χ0) is 13.5. The summed E-state index contributed by atoms with van der Waals surface area (Å²) in [5.41, 5.74) is 0. The molecule has 0 aliphatic heterocycles. The number of rotatable bonds is 9. The second-order valence-corrected chi connectivity index (χ2v) is 6.07. The van der Waals surface area contributed by atoms with Crippen LogP contribution in [-0.2, 0) is 15.0 Å². The van der Waals surface area contributed by atoms with Crippen molar-refractivity contribution in [3.63, 3.8) is 0 Å². The lowest BCUT2D eigenvalue weighted by Crippen LogP contribution is -2.48. The summed E-state index contributed by atoms with van der Waals surface area (Å²) in [5.74, 6) is -0.549. The molecular formula is C9H20N2O4S2. The minimum Gasteiger partial charge on any atom is -0.480 e. The lowest BCUT2D eigenvalue weighted by Gasteiger charge is -2.22. The van der Waals surface area contributed by atoms with Crippen LogP contribution in [0.25, 0.3) is 0 Å². The number of aliphatic carboxylic acids is 1. The van der Waals surface area contributed by atoms with E-state index in [1.807, 2.05) is 6.26 Å². The Morgan fingerprint density at radius 2 is 1.94 bits per heavy atom. The maximum absolute atomic E-state index is 11.8. The number of carboxylic acid groups (broad SMARTS) is 1. The molecule has 102 valence electrons. The predicted molar refractivity (Wildman–Crippen MR) is 69.4 cm³/mol. The van der Waals surface area contributed by atoms with E-state index in [1.54, 1.807) is 13.8 Å². The van der Waals surface area contributed by atoms with Crippen molar-refractivity contribution >= 4 is 27.9 Å². The molecule has 1 unspecified atom stereocenters. The first-order chi connectivity index (χ1) is 7.88. The van der Waals surface area contributed by atoms with E-state index < -0.39 is 22.2 Å². The molecule has 0 rings (SSSR count). The molecule has 0 spiro atoms. The minimum atomic E-state index is -3.70. The first kappa shape index (κ1) is 16.7. The predicted octanol–water partition coefficient (Wildman–Crippen LogP) is 0.369. The van der Waals surface area contributed by atoms with Crippen LogP contribution in [0.2, 0.25) is 0 Å². The fraction of sp³-hybridized carbons (Fsp3) is 0.889. The second-order valence-electron chi connectivity index (χ2n) is 3.38. The third kappa shape index (κ3) is 5.71. The van der Waals surface area contributed by atoms with E-state index in [2.05, 4.69) is 4.72 Å². The number of hydrogen-bond acceptors (Lipinski definition) is 4. The number of nitrogens with one attached hydrogen (secondary N) is 1. The van der Waals surface area contributed by atoms with E-state index in [9.17, 15) is 13.2 Å². The van der Waals surface area contributed by atoms with Crippen LogP contribution >= 0.6 is 11.8 Å². The van der Waals surface area contributed by atoms with Crippen molar-refractivity contribution in [3.8, 4) is 0 Å². The molecular weight excluding hydrogens is 264 g/mol. The third-order valence-electron chi connectivity index (χ3n) is 2.25. The van der Waals surface area contributed by atoms with Gasteiger partial charge >= 0.3 is 5.97 Å².